The van der Waals surface area contributed by atoms with E-state index >= 15 is 0 Å². The summed E-state index contributed by atoms with van der Waals surface area (Å²) in [7, 11) is 1.39. The number of primary amides is 1. The van der Waals surface area contributed by atoms with Crippen LogP contribution in [-0.2, 0) is 11.3 Å². The molecule has 1 aromatic carbocycles. The number of piperidine rings is 1. The van der Waals surface area contributed by atoms with Crippen molar-refractivity contribution in [3.8, 4) is 17.0 Å². The SMILES string of the molecule is COc1cc(F)ccc1-c1cc(CO)c(N2CCCC(OC(N)=O)(C(O)C(F)F)C2)cn1. The fourth-order valence-corrected chi connectivity index (χ4v) is 4.00. The number of anilines is 1. The first-order valence-electron chi connectivity index (χ1n) is 9.84. The lowest BCUT2D eigenvalue weighted by Crippen LogP contribution is -2.60. The molecule has 0 aliphatic carbocycles. The van der Waals surface area contributed by atoms with Gasteiger partial charge in [-0.15, -0.1) is 0 Å². The number of aliphatic hydroxyl groups excluding tert-OH is 2. The highest BCUT2D eigenvalue weighted by Crippen LogP contribution is 2.37. The smallest absolute Gasteiger partial charge is 0.405 e. The van der Waals surface area contributed by atoms with Crippen LogP contribution in [0, 0.1) is 5.82 Å². The number of hydrogen-bond acceptors (Lipinski definition) is 7. The molecule has 2 heterocycles. The van der Waals surface area contributed by atoms with Gasteiger partial charge >= 0.3 is 6.09 Å². The van der Waals surface area contributed by atoms with Gasteiger partial charge in [0.15, 0.2) is 11.7 Å². The van der Waals surface area contributed by atoms with Crippen LogP contribution in [0.3, 0.4) is 0 Å². The van der Waals surface area contributed by atoms with Gasteiger partial charge in [0.05, 0.1) is 37.8 Å². The summed E-state index contributed by atoms with van der Waals surface area (Å²) in [6.07, 6.45) is -4.94. The molecule has 1 fully saturated rings. The summed E-state index contributed by atoms with van der Waals surface area (Å²) in [5.41, 5.74) is 4.88. The number of nitrogens with two attached hydrogens (primary N) is 1. The van der Waals surface area contributed by atoms with Crippen LogP contribution in [0.5, 0.6) is 5.75 Å². The number of alkyl halides is 2. The molecule has 0 bridgehead atoms. The Hall–Kier alpha value is -3.05. The van der Waals surface area contributed by atoms with Crippen LogP contribution in [0.1, 0.15) is 18.4 Å². The maximum atomic E-state index is 13.5. The van der Waals surface area contributed by atoms with Crippen LogP contribution >= 0.6 is 0 Å². The summed E-state index contributed by atoms with van der Waals surface area (Å²) in [5, 5.41) is 20.0. The highest BCUT2D eigenvalue weighted by molar-refractivity contribution is 5.70. The van der Waals surface area contributed by atoms with Crippen molar-refractivity contribution in [2.75, 3.05) is 25.1 Å². The Bertz CT molecular complexity index is 978. The molecular weight excluding hydrogens is 431 g/mol. The number of carbonyl (C=O) groups excluding carboxylic acids is 1. The van der Waals surface area contributed by atoms with E-state index in [4.69, 9.17) is 15.2 Å². The Labute approximate surface area is 182 Å². The Morgan fingerprint density at radius 3 is 2.75 bits per heavy atom. The maximum absolute atomic E-state index is 13.5. The first-order valence-corrected chi connectivity index (χ1v) is 9.84. The second-order valence-electron chi connectivity index (χ2n) is 7.49. The minimum absolute atomic E-state index is 0.00923. The van der Waals surface area contributed by atoms with Crippen molar-refractivity contribution in [1.29, 1.82) is 0 Å². The third kappa shape index (κ3) is 4.73. The number of methoxy groups -OCH3 is 1. The van der Waals surface area contributed by atoms with Crippen LogP contribution < -0.4 is 15.4 Å². The topological polar surface area (TPSA) is 118 Å². The Morgan fingerprint density at radius 2 is 2.12 bits per heavy atom. The molecule has 1 aliphatic rings. The van der Waals surface area contributed by atoms with Crippen molar-refractivity contribution in [1.82, 2.24) is 4.98 Å². The highest BCUT2D eigenvalue weighted by atomic mass is 19.3. The van der Waals surface area contributed by atoms with Gasteiger partial charge in [-0.05, 0) is 31.0 Å². The summed E-state index contributed by atoms with van der Waals surface area (Å²) in [6, 6.07) is 5.51. The largest absolute Gasteiger partial charge is 0.496 e. The van der Waals surface area contributed by atoms with Crippen LogP contribution in [-0.4, -0.2) is 59.6 Å². The number of aliphatic hydroxyl groups is 2. The van der Waals surface area contributed by atoms with E-state index in [1.54, 1.807) is 11.0 Å². The summed E-state index contributed by atoms with van der Waals surface area (Å²) in [4.78, 5) is 17.3. The number of ether oxygens (including phenoxy) is 2. The monoisotopic (exact) mass is 455 g/mol. The molecule has 1 amide bonds. The zero-order valence-corrected chi connectivity index (χ0v) is 17.3. The van der Waals surface area contributed by atoms with Gasteiger partial charge in [0.2, 0.25) is 0 Å². The zero-order chi connectivity index (χ0) is 23.5. The number of hydrogen-bond donors (Lipinski definition) is 3. The van der Waals surface area contributed by atoms with Crippen molar-refractivity contribution in [3.63, 3.8) is 0 Å². The molecule has 0 radical (unpaired) electrons. The summed E-state index contributed by atoms with van der Waals surface area (Å²) >= 11 is 0. The molecule has 4 N–H and O–H groups in total. The van der Waals surface area contributed by atoms with E-state index in [0.717, 1.165) is 0 Å². The van der Waals surface area contributed by atoms with Gasteiger partial charge in [0, 0.05) is 23.7 Å². The Morgan fingerprint density at radius 1 is 1.38 bits per heavy atom. The van der Waals surface area contributed by atoms with Crippen molar-refractivity contribution in [2.24, 2.45) is 5.73 Å². The average Bonchev–Trinajstić information content (AvgIpc) is 2.77. The van der Waals surface area contributed by atoms with E-state index in [1.165, 1.54) is 31.5 Å². The molecule has 1 aromatic heterocycles. The van der Waals surface area contributed by atoms with Gasteiger partial charge in [0.25, 0.3) is 6.43 Å². The first kappa shape index (κ1) is 23.6. The van der Waals surface area contributed by atoms with Gasteiger partial charge in [-0.2, -0.15) is 0 Å². The van der Waals surface area contributed by atoms with Gasteiger partial charge < -0.3 is 30.3 Å². The number of aromatic nitrogens is 1. The quantitative estimate of drug-likeness (QED) is 0.587. The summed E-state index contributed by atoms with van der Waals surface area (Å²) in [6.45, 7) is -0.297. The van der Waals surface area contributed by atoms with E-state index in [1.807, 2.05) is 0 Å². The standard InChI is InChI=1S/C21H24F3N3O5/c1-31-17-8-13(22)3-4-14(17)15-7-12(10-28)16(9-26-15)27-6-2-5-21(11-27,32-20(25)30)18(29)19(23)24/h3-4,7-9,18-19,28-29H,2,5-6,10-11H2,1H3,(H2,25,30). The molecule has 32 heavy (non-hydrogen) atoms. The number of carbonyl (C=O) groups is 1. The molecule has 8 nitrogen and oxygen atoms in total. The first-order chi connectivity index (χ1) is 15.2. The molecule has 2 unspecified atom stereocenters. The van der Waals surface area contributed by atoms with Gasteiger partial charge in [-0.25, -0.2) is 18.0 Å². The van der Waals surface area contributed by atoms with Crippen molar-refractivity contribution in [2.45, 2.75) is 37.6 Å². The van der Waals surface area contributed by atoms with Gasteiger partial charge in [0.1, 0.15) is 11.6 Å². The van der Waals surface area contributed by atoms with E-state index in [-0.39, 0.29) is 18.7 Å². The second kappa shape index (κ2) is 9.61. The number of pyridine rings is 1. The lowest BCUT2D eigenvalue weighted by molar-refractivity contribution is -0.141. The number of halogens is 3. The number of amides is 1. The van der Waals surface area contributed by atoms with E-state index in [2.05, 4.69) is 4.98 Å². The molecule has 174 valence electrons. The average molecular weight is 455 g/mol. The molecule has 2 aromatic rings. The highest BCUT2D eigenvalue weighted by Gasteiger charge is 2.49. The molecule has 3 rings (SSSR count). The van der Waals surface area contributed by atoms with Crippen molar-refractivity contribution >= 4 is 11.8 Å². The minimum atomic E-state index is -3.15. The lowest BCUT2D eigenvalue weighted by atomic mass is 9.86. The number of benzene rings is 1. The van der Waals surface area contributed by atoms with Crippen LogP contribution in [0.15, 0.2) is 30.5 Å². The number of nitrogens with zero attached hydrogens (tertiary/aromatic N) is 2. The van der Waals surface area contributed by atoms with Crippen LogP contribution in [0.25, 0.3) is 11.3 Å². The van der Waals surface area contributed by atoms with Crippen molar-refractivity contribution < 1.29 is 37.7 Å². The van der Waals surface area contributed by atoms with Crippen LogP contribution in [0.2, 0.25) is 0 Å². The zero-order valence-electron chi connectivity index (χ0n) is 17.3. The van der Waals surface area contributed by atoms with Gasteiger partial charge in [-0.3, -0.25) is 4.98 Å². The Kier molecular flexibility index (Phi) is 7.09. The molecule has 2 atom stereocenters. The minimum Gasteiger partial charge on any atom is -0.496 e. The maximum Gasteiger partial charge on any atom is 0.405 e. The third-order valence-corrected chi connectivity index (χ3v) is 5.48. The second-order valence-corrected chi connectivity index (χ2v) is 7.49. The Balaban J connectivity index is 1.98. The van der Waals surface area contributed by atoms with E-state index in [0.29, 0.717) is 35.5 Å². The molecule has 1 saturated heterocycles. The fraction of sp³-hybridized carbons (Fsp3) is 0.429. The summed E-state index contributed by atoms with van der Waals surface area (Å²) in [5.74, 6) is -0.234. The summed E-state index contributed by atoms with van der Waals surface area (Å²) < 4.78 is 50.4. The normalized spacial score (nSPS) is 19.7. The predicted molar refractivity (Wildman–Crippen MR) is 109 cm³/mol. The van der Waals surface area contributed by atoms with E-state index < -0.39 is 36.6 Å². The molecule has 11 heteroatoms. The number of rotatable bonds is 7. The van der Waals surface area contributed by atoms with Crippen LogP contribution in [0.4, 0.5) is 23.7 Å². The van der Waals surface area contributed by atoms with E-state index in [9.17, 15) is 28.2 Å². The van der Waals surface area contributed by atoms with Gasteiger partial charge in [-0.1, -0.05) is 0 Å². The molecule has 1 aliphatic heterocycles. The predicted octanol–water partition coefficient (Wildman–Crippen LogP) is 2.45. The molecule has 0 saturated carbocycles. The van der Waals surface area contributed by atoms with Crippen molar-refractivity contribution in [3.05, 3.63) is 41.8 Å². The third-order valence-electron chi connectivity index (χ3n) is 5.48. The molecular formula is C21H24F3N3O5. The lowest BCUT2D eigenvalue weighted by Gasteiger charge is -2.45. The fourth-order valence-electron chi connectivity index (χ4n) is 4.00. The molecule has 0 spiro atoms.